The molecule has 108 valence electrons. The molecule has 0 aromatic rings. The summed E-state index contributed by atoms with van der Waals surface area (Å²) in [5, 5.41) is 3.52. The van der Waals surface area contributed by atoms with E-state index in [4.69, 9.17) is 0 Å². The first-order chi connectivity index (χ1) is 8.54. The molecule has 1 heterocycles. The second-order valence-electron chi connectivity index (χ2n) is 6.36. The largest absolute Gasteiger partial charge is 0.315 e. The van der Waals surface area contributed by atoms with Crippen LogP contribution in [-0.2, 0) is 0 Å². The Morgan fingerprint density at radius 3 is 2.28 bits per heavy atom. The standard InChI is InChI=1S/C15H33N3/c1-6-16-11-15(13(2)3)18-9-7-14(8-10-18)12-17(4)5/h13-16H,6-12H2,1-5H3. The lowest BCUT2D eigenvalue weighted by Gasteiger charge is -2.40. The zero-order chi connectivity index (χ0) is 13.5. The van der Waals surface area contributed by atoms with Gasteiger partial charge in [-0.25, -0.2) is 0 Å². The normalized spacial score (nSPS) is 20.8. The van der Waals surface area contributed by atoms with Crippen LogP contribution in [-0.4, -0.2) is 62.7 Å². The first-order valence-electron chi connectivity index (χ1n) is 7.64. The maximum atomic E-state index is 3.52. The number of rotatable bonds is 7. The van der Waals surface area contributed by atoms with Gasteiger partial charge in [-0.1, -0.05) is 20.8 Å². The highest BCUT2D eigenvalue weighted by atomic mass is 15.2. The van der Waals surface area contributed by atoms with Crippen LogP contribution in [0, 0.1) is 11.8 Å². The third kappa shape index (κ3) is 5.25. The van der Waals surface area contributed by atoms with Gasteiger partial charge in [-0.2, -0.15) is 0 Å². The molecule has 0 aliphatic carbocycles. The zero-order valence-corrected chi connectivity index (χ0v) is 13.1. The third-order valence-electron chi connectivity index (χ3n) is 4.11. The molecule has 1 rings (SSSR count). The minimum atomic E-state index is 0.713. The average Bonchev–Trinajstić information content (AvgIpc) is 2.30. The van der Waals surface area contributed by atoms with Crippen LogP contribution in [0.1, 0.15) is 33.6 Å². The lowest BCUT2D eigenvalue weighted by molar-refractivity contribution is 0.0947. The van der Waals surface area contributed by atoms with E-state index < -0.39 is 0 Å². The van der Waals surface area contributed by atoms with E-state index in [1.165, 1.54) is 32.5 Å². The van der Waals surface area contributed by atoms with Crippen molar-refractivity contribution in [1.82, 2.24) is 15.1 Å². The Bertz CT molecular complexity index is 208. The van der Waals surface area contributed by atoms with Crippen LogP contribution in [0.15, 0.2) is 0 Å². The summed E-state index contributed by atoms with van der Waals surface area (Å²) in [4.78, 5) is 5.04. The summed E-state index contributed by atoms with van der Waals surface area (Å²) in [6.45, 7) is 13.0. The molecule has 0 spiro atoms. The van der Waals surface area contributed by atoms with Gasteiger partial charge >= 0.3 is 0 Å². The van der Waals surface area contributed by atoms with Gasteiger partial charge in [0.2, 0.25) is 0 Å². The summed E-state index contributed by atoms with van der Waals surface area (Å²) in [5.74, 6) is 1.65. The van der Waals surface area contributed by atoms with Gasteiger partial charge in [0, 0.05) is 19.1 Å². The van der Waals surface area contributed by atoms with Crippen molar-refractivity contribution < 1.29 is 0 Å². The first-order valence-corrected chi connectivity index (χ1v) is 7.64. The molecule has 18 heavy (non-hydrogen) atoms. The Morgan fingerprint density at radius 2 is 1.83 bits per heavy atom. The fourth-order valence-electron chi connectivity index (χ4n) is 3.06. The van der Waals surface area contributed by atoms with E-state index >= 15 is 0 Å². The van der Waals surface area contributed by atoms with Crippen LogP contribution in [0.5, 0.6) is 0 Å². The molecule has 1 saturated heterocycles. The molecule has 1 N–H and O–H groups in total. The number of hydrogen-bond donors (Lipinski definition) is 1. The molecular weight excluding hydrogens is 222 g/mol. The van der Waals surface area contributed by atoms with E-state index in [2.05, 4.69) is 50.0 Å². The van der Waals surface area contributed by atoms with Crippen molar-refractivity contribution in [2.45, 2.75) is 39.7 Å². The van der Waals surface area contributed by atoms with Crippen molar-refractivity contribution in [3.8, 4) is 0 Å². The highest BCUT2D eigenvalue weighted by Crippen LogP contribution is 2.22. The van der Waals surface area contributed by atoms with Crippen molar-refractivity contribution in [1.29, 1.82) is 0 Å². The first kappa shape index (κ1) is 15.9. The number of likely N-dealkylation sites (tertiary alicyclic amines) is 1. The van der Waals surface area contributed by atoms with Gasteiger partial charge < -0.3 is 10.2 Å². The van der Waals surface area contributed by atoms with Crippen molar-refractivity contribution in [3.05, 3.63) is 0 Å². The van der Waals surface area contributed by atoms with Gasteiger partial charge in [0.15, 0.2) is 0 Å². The highest BCUT2D eigenvalue weighted by molar-refractivity contribution is 4.82. The summed E-state index contributed by atoms with van der Waals surface area (Å²) in [5.41, 5.74) is 0. The Kier molecular flexibility index (Phi) is 7.20. The Labute approximate surface area is 114 Å². The second-order valence-corrected chi connectivity index (χ2v) is 6.36. The van der Waals surface area contributed by atoms with E-state index in [1.54, 1.807) is 0 Å². The van der Waals surface area contributed by atoms with Crippen molar-refractivity contribution in [2.75, 3.05) is 46.8 Å². The molecule has 0 saturated carbocycles. The van der Waals surface area contributed by atoms with Crippen LogP contribution < -0.4 is 5.32 Å². The molecule has 3 heteroatoms. The van der Waals surface area contributed by atoms with E-state index in [9.17, 15) is 0 Å². The van der Waals surface area contributed by atoms with E-state index in [-0.39, 0.29) is 0 Å². The van der Waals surface area contributed by atoms with E-state index in [0.29, 0.717) is 6.04 Å². The zero-order valence-electron chi connectivity index (χ0n) is 13.1. The van der Waals surface area contributed by atoms with E-state index in [0.717, 1.165) is 24.9 Å². The van der Waals surface area contributed by atoms with Gasteiger partial charge in [-0.15, -0.1) is 0 Å². The van der Waals surface area contributed by atoms with Gasteiger partial charge in [-0.05, 0) is 58.4 Å². The number of piperidine rings is 1. The smallest absolute Gasteiger partial charge is 0.0243 e. The Hall–Kier alpha value is -0.120. The van der Waals surface area contributed by atoms with Gasteiger partial charge in [0.25, 0.3) is 0 Å². The van der Waals surface area contributed by atoms with Gasteiger partial charge in [0.05, 0.1) is 0 Å². The quantitative estimate of drug-likeness (QED) is 0.749. The summed E-state index contributed by atoms with van der Waals surface area (Å²) >= 11 is 0. The molecule has 0 amide bonds. The summed E-state index contributed by atoms with van der Waals surface area (Å²) in [7, 11) is 4.38. The molecule has 0 aromatic heterocycles. The molecule has 1 unspecified atom stereocenters. The molecule has 1 aliphatic rings. The highest BCUT2D eigenvalue weighted by Gasteiger charge is 2.26. The SMILES string of the molecule is CCNCC(C(C)C)N1CCC(CN(C)C)CC1. The van der Waals surface area contributed by atoms with Crippen molar-refractivity contribution in [3.63, 3.8) is 0 Å². The van der Waals surface area contributed by atoms with Crippen molar-refractivity contribution in [2.24, 2.45) is 11.8 Å². The number of nitrogens with zero attached hydrogens (tertiary/aromatic N) is 2. The summed E-state index contributed by atoms with van der Waals surface area (Å²) < 4.78 is 0. The summed E-state index contributed by atoms with van der Waals surface area (Å²) in [6, 6.07) is 0.713. The van der Waals surface area contributed by atoms with Crippen LogP contribution in [0.25, 0.3) is 0 Å². The number of nitrogens with one attached hydrogen (secondary N) is 1. The fourth-order valence-corrected chi connectivity index (χ4v) is 3.06. The molecule has 0 aromatic carbocycles. The lowest BCUT2D eigenvalue weighted by Crippen LogP contribution is -2.49. The van der Waals surface area contributed by atoms with Crippen LogP contribution in [0.2, 0.25) is 0 Å². The number of hydrogen-bond acceptors (Lipinski definition) is 3. The molecule has 1 atom stereocenters. The summed E-state index contributed by atoms with van der Waals surface area (Å²) in [6.07, 6.45) is 2.74. The average molecular weight is 255 g/mol. The second kappa shape index (κ2) is 8.13. The molecule has 1 fully saturated rings. The topological polar surface area (TPSA) is 18.5 Å². The lowest BCUT2D eigenvalue weighted by atomic mass is 9.93. The minimum Gasteiger partial charge on any atom is -0.315 e. The number of likely N-dealkylation sites (N-methyl/N-ethyl adjacent to an activating group) is 1. The third-order valence-corrected chi connectivity index (χ3v) is 4.11. The Morgan fingerprint density at radius 1 is 1.22 bits per heavy atom. The molecule has 0 bridgehead atoms. The van der Waals surface area contributed by atoms with Gasteiger partial charge in [0.1, 0.15) is 0 Å². The minimum absolute atomic E-state index is 0.713. The molecule has 1 aliphatic heterocycles. The van der Waals surface area contributed by atoms with E-state index in [1.807, 2.05) is 0 Å². The Balaban J connectivity index is 2.38. The van der Waals surface area contributed by atoms with Crippen molar-refractivity contribution >= 4 is 0 Å². The fraction of sp³-hybridized carbons (Fsp3) is 1.00. The van der Waals surface area contributed by atoms with Crippen LogP contribution >= 0.6 is 0 Å². The monoisotopic (exact) mass is 255 g/mol. The molecular formula is C15H33N3. The predicted octanol–water partition coefficient (Wildman–Crippen LogP) is 1.89. The predicted molar refractivity (Wildman–Crippen MR) is 80.0 cm³/mol. The molecule has 3 nitrogen and oxygen atoms in total. The van der Waals surface area contributed by atoms with Crippen LogP contribution in [0.3, 0.4) is 0 Å². The maximum absolute atomic E-state index is 3.52. The molecule has 0 radical (unpaired) electrons. The maximum Gasteiger partial charge on any atom is 0.0243 e. The van der Waals surface area contributed by atoms with Gasteiger partial charge in [-0.3, -0.25) is 4.90 Å². The van der Waals surface area contributed by atoms with Crippen LogP contribution in [0.4, 0.5) is 0 Å².